The third-order valence-corrected chi connectivity index (χ3v) is 8.36. The van der Waals surface area contributed by atoms with Crippen LogP contribution in [0.15, 0.2) is 0 Å². The van der Waals surface area contributed by atoms with E-state index in [4.69, 9.17) is 16.0 Å². The van der Waals surface area contributed by atoms with Crippen molar-refractivity contribution in [2.24, 2.45) is 16.7 Å². The van der Waals surface area contributed by atoms with Gasteiger partial charge < -0.3 is 9.53 Å². The van der Waals surface area contributed by atoms with Crippen molar-refractivity contribution in [1.82, 2.24) is 0 Å². The van der Waals surface area contributed by atoms with Crippen LogP contribution in [0.1, 0.15) is 59.8 Å². The smallest absolute Gasteiger partial charge is 0.185 e. The molecule has 0 aliphatic heterocycles. The number of Topliss-reactive ketones (excluding diaryl/α,β-unsaturated/α-hetero) is 1. The first-order chi connectivity index (χ1) is 10.8. The van der Waals surface area contributed by atoms with Crippen molar-refractivity contribution in [2.75, 3.05) is 0 Å². The van der Waals surface area contributed by atoms with E-state index in [2.05, 4.69) is 40.4 Å². The fourth-order valence-electron chi connectivity index (χ4n) is 5.19. The molecule has 0 aromatic carbocycles. The van der Waals surface area contributed by atoms with Gasteiger partial charge in [-0.15, -0.1) is 11.6 Å². The number of aliphatic hydroxyl groups excluding tert-OH is 1. The van der Waals surface area contributed by atoms with Crippen LogP contribution >= 0.6 is 11.6 Å². The van der Waals surface area contributed by atoms with Gasteiger partial charge in [0.1, 0.15) is 11.0 Å². The van der Waals surface area contributed by atoms with Crippen LogP contribution in [0.2, 0.25) is 19.6 Å². The molecular weight excluding hydrogens is 340 g/mol. The van der Waals surface area contributed by atoms with Crippen LogP contribution in [0.5, 0.6) is 0 Å². The monoisotopic (exact) mass is 374 g/mol. The fraction of sp³-hybridized carbons (Fsp3) is 0.947. The maximum absolute atomic E-state index is 13.5. The van der Waals surface area contributed by atoms with Gasteiger partial charge in [0.05, 0.1) is 6.10 Å². The number of ketones is 1. The molecule has 2 rings (SSSR count). The molecule has 2 aliphatic carbocycles. The van der Waals surface area contributed by atoms with Crippen molar-refractivity contribution in [3.8, 4) is 0 Å². The minimum Gasteiger partial charge on any atom is -0.404 e. The SMILES string of the molecule is CCC[C@@H](O)C(Cl)C(=O)[C@@]1(O[Si](C)(C)C)C[C@H]2CC[C@]1(C)C2(C)C. The number of aliphatic hydroxyl groups is 1. The predicted octanol–water partition coefficient (Wildman–Crippen LogP) is 4.76. The molecule has 0 radical (unpaired) electrons. The average molecular weight is 375 g/mol. The van der Waals surface area contributed by atoms with Gasteiger partial charge in [0, 0.05) is 5.41 Å². The lowest BCUT2D eigenvalue weighted by atomic mass is 9.62. The lowest BCUT2D eigenvalue weighted by Gasteiger charge is -2.51. The maximum Gasteiger partial charge on any atom is 0.185 e. The van der Waals surface area contributed by atoms with Crippen molar-refractivity contribution >= 4 is 25.7 Å². The molecule has 5 heteroatoms. The van der Waals surface area contributed by atoms with Crippen molar-refractivity contribution in [2.45, 2.75) is 96.5 Å². The van der Waals surface area contributed by atoms with E-state index >= 15 is 0 Å². The van der Waals surface area contributed by atoms with Crippen LogP contribution in [-0.2, 0) is 9.22 Å². The van der Waals surface area contributed by atoms with Gasteiger partial charge in [-0.05, 0) is 56.7 Å². The molecule has 3 nitrogen and oxygen atoms in total. The summed E-state index contributed by atoms with van der Waals surface area (Å²) < 4.78 is 6.66. The summed E-state index contributed by atoms with van der Waals surface area (Å²) in [7, 11) is -1.96. The zero-order chi connectivity index (χ0) is 18.6. The highest BCUT2D eigenvalue weighted by Crippen LogP contribution is 2.71. The van der Waals surface area contributed by atoms with Crippen molar-refractivity contribution < 1.29 is 14.3 Å². The number of fused-ring (bicyclic) bond motifs is 2. The summed E-state index contributed by atoms with van der Waals surface area (Å²) in [5.41, 5.74) is -1.01. The van der Waals surface area contributed by atoms with E-state index < -0.39 is 25.4 Å². The van der Waals surface area contributed by atoms with Crippen LogP contribution in [0.3, 0.4) is 0 Å². The van der Waals surface area contributed by atoms with Crippen LogP contribution in [0.4, 0.5) is 0 Å². The molecule has 2 bridgehead atoms. The standard InChI is InChI=1S/C19H35ClO3Si/c1-8-9-14(21)15(20)16(22)19(23-24(5,6)7)12-13-10-11-18(19,4)17(13,2)3/h13-15,21H,8-12H2,1-7H3/t13-,14-,15?,18-,19+/m1/s1. The Morgan fingerprint density at radius 3 is 2.29 bits per heavy atom. The summed E-state index contributed by atoms with van der Waals surface area (Å²) in [6, 6.07) is 0. The van der Waals surface area contributed by atoms with E-state index in [-0.39, 0.29) is 16.6 Å². The topological polar surface area (TPSA) is 46.5 Å². The van der Waals surface area contributed by atoms with Crippen molar-refractivity contribution in [3.63, 3.8) is 0 Å². The van der Waals surface area contributed by atoms with Crippen molar-refractivity contribution in [3.05, 3.63) is 0 Å². The molecule has 2 aliphatic rings. The summed E-state index contributed by atoms with van der Waals surface area (Å²) in [6.45, 7) is 15.2. The second kappa shape index (κ2) is 6.36. The van der Waals surface area contributed by atoms with Gasteiger partial charge in [-0.2, -0.15) is 0 Å². The molecule has 0 heterocycles. The van der Waals surface area contributed by atoms with E-state index in [1.165, 1.54) is 0 Å². The number of hydrogen-bond acceptors (Lipinski definition) is 3. The average Bonchev–Trinajstić information content (AvgIpc) is 2.76. The molecule has 5 atom stereocenters. The normalized spacial score (nSPS) is 37.5. The fourth-order valence-corrected chi connectivity index (χ4v) is 6.94. The lowest BCUT2D eigenvalue weighted by molar-refractivity contribution is -0.153. The lowest BCUT2D eigenvalue weighted by Crippen LogP contribution is -2.61. The Hall–Kier alpha value is 0.0969. The van der Waals surface area contributed by atoms with Gasteiger partial charge >= 0.3 is 0 Å². The van der Waals surface area contributed by atoms with Gasteiger partial charge in [0.25, 0.3) is 0 Å². The van der Waals surface area contributed by atoms with Gasteiger partial charge in [-0.1, -0.05) is 34.1 Å². The largest absolute Gasteiger partial charge is 0.404 e. The quantitative estimate of drug-likeness (QED) is 0.516. The van der Waals surface area contributed by atoms with Gasteiger partial charge in [0.2, 0.25) is 0 Å². The molecule has 0 aromatic rings. The zero-order valence-electron chi connectivity index (χ0n) is 16.4. The minimum absolute atomic E-state index is 0.0502. The predicted molar refractivity (Wildman–Crippen MR) is 102 cm³/mol. The third-order valence-electron chi connectivity index (χ3n) is 6.91. The minimum atomic E-state index is -1.96. The number of halogens is 1. The Labute approximate surface area is 153 Å². The molecule has 1 unspecified atom stereocenters. The van der Waals surface area contributed by atoms with Gasteiger partial charge in [0.15, 0.2) is 14.1 Å². The van der Waals surface area contributed by atoms with Crippen molar-refractivity contribution in [1.29, 1.82) is 0 Å². The van der Waals surface area contributed by atoms with E-state index in [9.17, 15) is 9.90 Å². The molecule has 0 aromatic heterocycles. The number of rotatable bonds is 7. The Morgan fingerprint density at radius 2 is 1.92 bits per heavy atom. The van der Waals surface area contributed by atoms with Gasteiger partial charge in [-0.3, -0.25) is 4.79 Å². The Balaban J connectivity index is 2.46. The molecule has 2 saturated carbocycles. The van der Waals surface area contributed by atoms with Crippen LogP contribution in [-0.4, -0.2) is 36.3 Å². The number of carbonyl (C=O) groups is 1. The van der Waals surface area contributed by atoms with Crippen LogP contribution < -0.4 is 0 Å². The molecule has 24 heavy (non-hydrogen) atoms. The van der Waals surface area contributed by atoms with Gasteiger partial charge in [-0.25, -0.2) is 0 Å². The maximum atomic E-state index is 13.5. The first kappa shape index (κ1) is 20.4. The first-order valence-electron chi connectivity index (χ1n) is 9.39. The molecule has 2 fully saturated rings. The van der Waals surface area contributed by atoms with E-state index in [1.54, 1.807) is 0 Å². The number of alkyl halides is 1. The second-order valence-electron chi connectivity index (χ2n) is 9.66. The summed E-state index contributed by atoms with van der Waals surface area (Å²) in [6.07, 6.45) is 3.46. The van der Waals surface area contributed by atoms with E-state index in [1.807, 2.05) is 6.92 Å². The second-order valence-corrected chi connectivity index (χ2v) is 14.6. The molecule has 0 spiro atoms. The molecule has 0 saturated heterocycles. The number of hydrogen-bond donors (Lipinski definition) is 1. The molecule has 140 valence electrons. The third kappa shape index (κ3) is 2.91. The Morgan fingerprint density at radius 1 is 1.33 bits per heavy atom. The van der Waals surface area contributed by atoms with Crippen LogP contribution in [0.25, 0.3) is 0 Å². The first-order valence-corrected chi connectivity index (χ1v) is 13.2. The summed E-state index contributed by atoms with van der Waals surface area (Å²) in [5.74, 6) is 0.403. The van der Waals surface area contributed by atoms with Crippen LogP contribution in [0, 0.1) is 16.7 Å². The number of carbonyl (C=O) groups excluding carboxylic acids is 1. The summed E-state index contributed by atoms with van der Waals surface area (Å²) in [5, 5.41) is 9.47. The highest BCUT2D eigenvalue weighted by atomic mass is 35.5. The molecular formula is C19H35ClO3Si. The highest BCUT2D eigenvalue weighted by molar-refractivity contribution is 6.70. The summed E-state index contributed by atoms with van der Waals surface area (Å²) >= 11 is 6.49. The van der Waals surface area contributed by atoms with E-state index in [0.717, 1.165) is 25.7 Å². The molecule has 1 N–H and O–H groups in total. The van der Waals surface area contributed by atoms with E-state index in [0.29, 0.717) is 12.3 Å². The summed E-state index contributed by atoms with van der Waals surface area (Å²) in [4.78, 5) is 13.5. The zero-order valence-corrected chi connectivity index (χ0v) is 18.2. The Kier molecular flexibility index (Phi) is 5.41. The highest BCUT2D eigenvalue weighted by Gasteiger charge is 2.73. The molecule has 0 amide bonds. The Bertz CT molecular complexity index is 501.